The Morgan fingerprint density at radius 3 is 1.77 bits per heavy atom. The van der Waals surface area contributed by atoms with Crippen molar-refractivity contribution < 1.29 is 0 Å². The molecule has 3 heterocycles. The zero-order chi connectivity index (χ0) is 36.7. The second-order valence-electron chi connectivity index (χ2n) is 14.6. The summed E-state index contributed by atoms with van der Waals surface area (Å²) in [5.74, 6) is 0.658. The maximum atomic E-state index is 5.45. The normalized spacial score (nSPS) is 11.9. The Morgan fingerprint density at radius 2 is 0.946 bits per heavy atom. The Kier molecular flexibility index (Phi) is 6.60. The first kappa shape index (κ1) is 30.9. The monoisotopic (exact) mass is 712 g/mol. The lowest BCUT2D eigenvalue weighted by atomic mass is 9.94. The lowest BCUT2D eigenvalue weighted by molar-refractivity contribution is 1.02. The number of rotatable bonds is 4. The van der Waals surface area contributed by atoms with E-state index in [-0.39, 0.29) is 0 Å². The van der Waals surface area contributed by atoms with E-state index in [0.29, 0.717) is 5.95 Å². The first-order valence-corrected chi connectivity index (χ1v) is 19.1. The van der Waals surface area contributed by atoms with Crippen molar-refractivity contribution >= 4 is 76.1 Å². The summed E-state index contributed by atoms with van der Waals surface area (Å²) in [6.07, 6.45) is 0. The Morgan fingerprint density at radius 1 is 0.339 bits per heavy atom. The molecule has 0 unspecified atom stereocenters. The van der Waals surface area contributed by atoms with Crippen molar-refractivity contribution in [1.82, 2.24) is 19.1 Å². The van der Waals surface area contributed by atoms with E-state index in [1.807, 2.05) is 0 Å². The van der Waals surface area contributed by atoms with Crippen LogP contribution in [0.25, 0.3) is 110 Å². The van der Waals surface area contributed by atoms with E-state index in [0.717, 1.165) is 44.3 Å². The van der Waals surface area contributed by atoms with Gasteiger partial charge < -0.3 is 4.57 Å². The van der Waals surface area contributed by atoms with Crippen molar-refractivity contribution in [3.8, 4) is 34.0 Å². The van der Waals surface area contributed by atoms with Crippen LogP contribution in [0, 0.1) is 0 Å². The van der Waals surface area contributed by atoms with Crippen LogP contribution in [0.4, 0.5) is 0 Å². The summed E-state index contributed by atoms with van der Waals surface area (Å²) >= 11 is 0. The largest absolute Gasteiger partial charge is 0.309 e. The number of fused-ring (bicyclic) bond motifs is 10. The van der Waals surface area contributed by atoms with Gasteiger partial charge in [-0.25, -0.2) is 9.97 Å². The van der Waals surface area contributed by atoms with Crippen LogP contribution in [0.3, 0.4) is 0 Å². The molecule has 0 saturated carbocycles. The van der Waals surface area contributed by atoms with Crippen LogP contribution in [-0.4, -0.2) is 19.1 Å². The fourth-order valence-electron chi connectivity index (χ4n) is 8.99. The third kappa shape index (κ3) is 4.53. The molecule has 0 N–H and O–H groups in total. The highest BCUT2D eigenvalue weighted by atomic mass is 15.2. The molecule has 0 aliphatic rings. The van der Waals surface area contributed by atoms with E-state index in [4.69, 9.17) is 9.97 Å². The van der Waals surface area contributed by atoms with Crippen molar-refractivity contribution in [2.45, 2.75) is 0 Å². The standard InChI is InChI=1S/C52H32N4/c1-2-16-37(17-3-1)55-47-24-12-9-19-39(47)44-31-35(28-29-49(44)55)43-32-45-40-20-10-13-25-48(40)56(51(45)41-21-7-6-18-38(41)43)52-53-46-23-11-8-22-42(46)50(54-52)36-27-26-33-14-4-5-15-34(33)30-36/h1-32H. The number of benzene rings is 9. The molecule has 0 aliphatic carbocycles. The molecule has 0 amide bonds. The highest BCUT2D eigenvalue weighted by Crippen LogP contribution is 2.43. The summed E-state index contributed by atoms with van der Waals surface area (Å²) in [7, 11) is 0. The lowest BCUT2D eigenvalue weighted by Gasteiger charge is -2.14. The molecule has 0 fully saturated rings. The molecule has 0 aliphatic heterocycles. The van der Waals surface area contributed by atoms with Crippen LogP contribution in [0.2, 0.25) is 0 Å². The molecule has 0 radical (unpaired) electrons. The molecule has 4 nitrogen and oxygen atoms in total. The molecule has 56 heavy (non-hydrogen) atoms. The van der Waals surface area contributed by atoms with E-state index in [1.165, 1.54) is 59.9 Å². The van der Waals surface area contributed by atoms with Crippen LogP contribution in [0.5, 0.6) is 0 Å². The molecule has 260 valence electrons. The molecule has 0 spiro atoms. The maximum Gasteiger partial charge on any atom is 0.235 e. The Hall–Kier alpha value is -7.56. The average molecular weight is 713 g/mol. The predicted molar refractivity (Wildman–Crippen MR) is 234 cm³/mol. The number of hydrogen-bond acceptors (Lipinski definition) is 2. The third-order valence-electron chi connectivity index (χ3n) is 11.5. The molecular formula is C52H32N4. The van der Waals surface area contributed by atoms with Gasteiger partial charge in [0.15, 0.2) is 0 Å². The van der Waals surface area contributed by atoms with E-state index in [1.54, 1.807) is 0 Å². The molecule has 9 aromatic carbocycles. The topological polar surface area (TPSA) is 35.6 Å². The van der Waals surface area contributed by atoms with Gasteiger partial charge in [-0.15, -0.1) is 0 Å². The van der Waals surface area contributed by atoms with Gasteiger partial charge in [-0.2, -0.15) is 0 Å². The molecule has 12 aromatic rings. The van der Waals surface area contributed by atoms with Gasteiger partial charge in [-0.1, -0.05) is 140 Å². The molecule has 0 saturated heterocycles. The summed E-state index contributed by atoms with van der Waals surface area (Å²) < 4.78 is 4.66. The minimum Gasteiger partial charge on any atom is -0.309 e. The van der Waals surface area contributed by atoms with Gasteiger partial charge >= 0.3 is 0 Å². The predicted octanol–water partition coefficient (Wildman–Crippen LogP) is 13.5. The minimum atomic E-state index is 0.658. The molecule has 0 atom stereocenters. The van der Waals surface area contributed by atoms with Crippen molar-refractivity contribution in [3.63, 3.8) is 0 Å². The Balaban J connectivity index is 1.13. The fraction of sp³-hybridized carbons (Fsp3) is 0. The zero-order valence-corrected chi connectivity index (χ0v) is 30.3. The molecule has 3 aromatic heterocycles. The van der Waals surface area contributed by atoms with Gasteiger partial charge in [0.25, 0.3) is 0 Å². The molecular weight excluding hydrogens is 681 g/mol. The summed E-state index contributed by atoms with van der Waals surface area (Å²) in [6.45, 7) is 0. The smallest absolute Gasteiger partial charge is 0.235 e. The zero-order valence-electron chi connectivity index (χ0n) is 30.3. The van der Waals surface area contributed by atoms with E-state index < -0.39 is 0 Å². The molecule has 4 heteroatoms. The highest BCUT2D eigenvalue weighted by Gasteiger charge is 2.22. The van der Waals surface area contributed by atoms with Gasteiger partial charge in [0.1, 0.15) is 0 Å². The molecule has 0 bridgehead atoms. The van der Waals surface area contributed by atoms with E-state index in [2.05, 4.69) is 203 Å². The van der Waals surface area contributed by atoms with Gasteiger partial charge in [-0.3, -0.25) is 4.57 Å². The number of hydrogen-bond donors (Lipinski definition) is 0. The SMILES string of the molecule is c1ccc(-n2c3ccccc3c3cc(-c4cc5c6ccccc6n(-c6nc(-c7ccc8ccccc8c7)c7ccccc7n6)c5c5ccccc45)ccc32)cc1. The fourth-order valence-corrected chi connectivity index (χ4v) is 8.99. The Labute approximate surface area is 322 Å². The quantitative estimate of drug-likeness (QED) is 0.182. The van der Waals surface area contributed by atoms with Crippen molar-refractivity contribution in [3.05, 3.63) is 194 Å². The second-order valence-corrected chi connectivity index (χ2v) is 14.6. The van der Waals surface area contributed by atoms with Crippen LogP contribution in [0.1, 0.15) is 0 Å². The van der Waals surface area contributed by atoms with Crippen LogP contribution in [0.15, 0.2) is 194 Å². The first-order valence-electron chi connectivity index (χ1n) is 19.1. The van der Waals surface area contributed by atoms with Crippen LogP contribution in [-0.2, 0) is 0 Å². The minimum absolute atomic E-state index is 0.658. The van der Waals surface area contributed by atoms with Crippen molar-refractivity contribution in [1.29, 1.82) is 0 Å². The van der Waals surface area contributed by atoms with Crippen molar-refractivity contribution in [2.24, 2.45) is 0 Å². The summed E-state index contributed by atoms with van der Waals surface area (Å²) in [5.41, 5.74) is 11.0. The average Bonchev–Trinajstić information content (AvgIpc) is 3.78. The Bertz CT molecular complexity index is 3540. The summed E-state index contributed by atoms with van der Waals surface area (Å²) in [6, 6.07) is 69.7. The van der Waals surface area contributed by atoms with Gasteiger partial charge in [0.05, 0.1) is 33.3 Å². The van der Waals surface area contributed by atoms with Crippen LogP contribution >= 0.6 is 0 Å². The van der Waals surface area contributed by atoms with E-state index in [9.17, 15) is 0 Å². The number of aromatic nitrogens is 4. The van der Waals surface area contributed by atoms with Crippen molar-refractivity contribution in [2.75, 3.05) is 0 Å². The van der Waals surface area contributed by atoms with Gasteiger partial charge in [0, 0.05) is 43.6 Å². The van der Waals surface area contributed by atoms with Gasteiger partial charge in [-0.05, 0) is 81.9 Å². The maximum absolute atomic E-state index is 5.45. The second kappa shape index (κ2) is 12.0. The van der Waals surface area contributed by atoms with Gasteiger partial charge in [0.2, 0.25) is 5.95 Å². The van der Waals surface area contributed by atoms with E-state index >= 15 is 0 Å². The van der Waals surface area contributed by atoms with Crippen LogP contribution < -0.4 is 0 Å². The summed E-state index contributed by atoms with van der Waals surface area (Å²) in [5, 5.41) is 10.6. The third-order valence-corrected chi connectivity index (χ3v) is 11.5. The first-order chi connectivity index (χ1) is 27.8. The number of para-hydroxylation sites is 4. The summed E-state index contributed by atoms with van der Waals surface area (Å²) in [4.78, 5) is 10.7. The molecule has 12 rings (SSSR count). The lowest BCUT2D eigenvalue weighted by Crippen LogP contribution is -2.04. The number of nitrogens with zero attached hydrogens (tertiary/aromatic N) is 4. The highest BCUT2D eigenvalue weighted by molar-refractivity contribution is 6.22.